The molecular formula is C18H21ClFN5O. The van der Waals surface area contributed by atoms with Crippen molar-refractivity contribution in [1.82, 2.24) is 24.4 Å². The molecular weight excluding hydrogens is 357 g/mol. The average molecular weight is 378 g/mol. The molecule has 1 aromatic carbocycles. The summed E-state index contributed by atoms with van der Waals surface area (Å²) in [6.07, 6.45) is 1.72. The quantitative estimate of drug-likeness (QED) is 0.752. The first-order chi connectivity index (χ1) is 12.2. The molecule has 1 unspecified atom stereocenters. The fourth-order valence-electron chi connectivity index (χ4n) is 3.39. The highest BCUT2D eigenvalue weighted by Gasteiger charge is 2.24. The van der Waals surface area contributed by atoms with Gasteiger partial charge in [0.2, 0.25) is 0 Å². The lowest BCUT2D eigenvalue weighted by atomic mass is 10.0. The summed E-state index contributed by atoms with van der Waals surface area (Å²) in [5.74, 6) is -0.223. The van der Waals surface area contributed by atoms with Gasteiger partial charge in [0.15, 0.2) is 5.65 Å². The van der Waals surface area contributed by atoms with Crippen molar-refractivity contribution in [3.05, 3.63) is 70.5 Å². The van der Waals surface area contributed by atoms with Crippen LogP contribution >= 0.6 is 12.4 Å². The van der Waals surface area contributed by atoms with Gasteiger partial charge in [-0.1, -0.05) is 18.2 Å². The zero-order valence-corrected chi connectivity index (χ0v) is 15.0. The van der Waals surface area contributed by atoms with Crippen molar-refractivity contribution < 1.29 is 4.39 Å². The average Bonchev–Trinajstić information content (AvgIpc) is 2.96. The Morgan fingerprint density at radius 2 is 2.08 bits per heavy atom. The van der Waals surface area contributed by atoms with E-state index in [1.54, 1.807) is 22.7 Å². The van der Waals surface area contributed by atoms with Crippen LogP contribution in [0.15, 0.2) is 53.5 Å². The van der Waals surface area contributed by atoms with Crippen LogP contribution in [0, 0.1) is 5.82 Å². The maximum atomic E-state index is 13.6. The third-order valence-corrected chi connectivity index (χ3v) is 4.68. The van der Waals surface area contributed by atoms with E-state index in [-0.39, 0.29) is 30.0 Å². The Hall–Kier alpha value is -2.22. The van der Waals surface area contributed by atoms with Gasteiger partial charge >= 0.3 is 5.69 Å². The van der Waals surface area contributed by atoms with E-state index in [4.69, 9.17) is 0 Å². The Bertz CT molecular complexity index is 940. The maximum Gasteiger partial charge on any atom is 0.350 e. The number of fused-ring (bicyclic) bond motifs is 1. The van der Waals surface area contributed by atoms with Crippen LogP contribution in [-0.2, 0) is 6.54 Å². The molecule has 1 N–H and O–H groups in total. The minimum absolute atomic E-state index is 0. The summed E-state index contributed by atoms with van der Waals surface area (Å²) in [6, 6.07) is 12.3. The largest absolute Gasteiger partial charge is 0.350 e. The van der Waals surface area contributed by atoms with Crippen LogP contribution in [0.5, 0.6) is 0 Å². The first kappa shape index (κ1) is 18.6. The van der Waals surface area contributed by atoms with Gasteiger partial charge in [-0.15, -0.1) is 17.5 Å². The molecule has 6 nitrogen and oxygen atoms in total. The molecule has 0 spiro atoms. The lowest BCUT2D eigenvalue weighted by Crippen LogP contribution is -2.47. The summed E-state index contributed by atoms with van der Waals surface area (Å²) in [5.41, 5.74) is 1.47. The normalized spacial score (nSPS) is 18.0. The molecule has 1 aliphatic heterocycles. The van der Waals surface area contributed by atoms with Crippen LogP contribution in [0.3, 0.4) is 0 Å². The summed E-state index contributed by atoms with van der Waals surface area (Å²) in [7, 11) is 0. The zero-order chi connectivity index (χ0) is 17.2. The van der Waals surface area contributed by atoms with Crippen LogP contribution in [0.25, 0.3) is 5.65 Å². The van der Waals surface area contributed by atoms with E-state index in [2.05, 4.69) is 15.3 Å². The highest BCUT2D eigenvalue weighted by molar-refractivity contribution is 5.85. The molecule has 1 fully saturated rings. The lowest BCUT2D eigenvalue weighted by Gasteiger charge is -2.36. The van der Waals surface area contributed by atoms with E-state index in [9.17, 15) is 9.18 Å². The van der Waals surface area contributed by atoms with E-state index >= 15 is 0 Å². The number of halogens is 2. The van der Waals surface area contributed by atoms with Gasteiger partial charge < -0.3 is 5.32 Å². The van der Waals surface area contributed by atoms with Crippen molar-refractivity contribution in [2.45, 2.75) is 12.6 Å². The lowest BCUT2D eigenvalue weighted by molar-refractivity contribution is 0.153. The second-order valence-electron chi connectivity index (χ2n) is 6.25. The van der Waals surface area contributed by atoms with Gasteiger partial charge in [0.05, 0.1) is 6.54 Å². The molecule has 2 aromatic heterocycles. The Morgan fingerprint density at radius 1 is 1.19 bits per heavy atom. The molecule has 0 radical (unpaired) electrons. The topological polar surface area (TPSA) is 54.6 Å². The Kier molecular flexibility index (Phi) is 5.70. The molecule has 0 amide bonds. The van der Waals surface area contributed by atoms with Crippen LogP contribution in [0.2, 0.25) is 0 Å². The number of nitrogens with zero attached hydrogens (tertiary/aromatic N) is 4. The molecule has 4 rings (SSSR count). The molecule has 138 valence electrons. The van der Waals surface area contributed by atoms with Crippen molar-refractivity contribution in [3.63, 3.8) is 0 Å². The van der Waals surface area contributed by atoms with E-state index in [0.717, 1.165) is 25.2 Å². The van der Waals surface area contributed by atoms with E-state index in [1.807, 2.05) is 24.3 Å². The van der Waals surface area contributed by atoms with Gasteiger partial charge in [-0.3, -0.25) is 9.30 Å². The van der Waals surface area contributed by atoms with Crippen LogP contribution in [-0.4, -0.2) is 45.3 Å². The minimum Gasteiger partial charge on any atom is -0.314 e. The third-order valence-electron chi connectivity index (χ3n) is 4.68. The summed E-state index contributed by atoms with van der Waals surface area (Å²) >= 11 is 0. The number of rotatable bonds is 4. The van der Waals surface area contributed by atoms with Crippen molar-refractivity contribution in [2.24, 2.45) is 0 Å². The molecule has 0 aliphatic carbocycles. The standard InChI is InChI=1S/C18H20FN5O.ClH/c19-15-5-3-4-14(12-15)16-13-20-7-9-22(16)10-11-24-18(25)23-8-2-1-6-17(23)21-24;/h1-6,8,12,16,20H,7,9-11,13H2;1H. The number of hydrogen-bond donors (Lipinski definition) is 1. The number of pyridine rings is 1. The van der Waals surface area contributed by atoms with E-state index in [0.29, 0.717) is 18.7 Å². The SMILES string of the molecule is Cl.O=c1n(CCN2CCNCC2c2cccc(F)c2)nc2ccccn12. The Morgan fingerprint density at radius 3 is 2.88 bits per heavy atom. The highest BCUT2D eigenvalue weighted by Crippen LogP contribution is 2.22. The number of hydrogen-bond acceptors (Lipinski definition) is 4. The summed E-state index contributed by atoms with van der Waals surface area (Å²) in [4.78, 5) is 14.7. The summed E-state index contributed by atoms with van der Waals surface area (Å²) < 4.78 is 16.6. The fourth-order valence-corrected chi connectivity index (χ4v) is 3.39. The Labute approximate surface area is 156 Å². The van der Waals surface area contributed by atoms with Crippen molar-refractivity contribution >= 4 is 18.1 Å². The minimum atomic E-state index is -0.223. The predicted molar refractivity (Wildman–Crippen MR) is 100 cm³/mol. The summed E-state index contributed by atoms with van der Waals surface area (Å²) in [6.45, 7) is 3.69. The number of piperazine rings is 1. The molecule has 0 bridgehead atoms. The first-order valence-corrected chi connectivity index (χ1v) is 8.47. The van der Waals surface area contributed by atoms with E-state index < -0.39 is 0 Å². The maximum absolute atomic E-state index is 13.6. The molecule has 3 heterocycles. The van der Waals surface area contributed by atoms with Crippen LogP contribution < -0.4 is 11.0 Å². The number of benzene rings is 1. The molecule has 8 heteroatoms. The van der Waals surface area contributed by atoms with E-state index in [1.165, 1.54) is 10.7 Å². The zero-order valence-electron chi connectivity index (χ0n) is 14.2. The van der Waals surface area contributed by atoms with Gasteiger partial charge in [0, 0.05) is 38.4 Å². The molecule has 1 saturated heterocycles. The Balaban J connectivity index is 0.00000196. The van der Waals surface area contributed by atoms with Gasteiger partial charge in [-0.25, -0.2) is 13.9 Å². The number of aromatic nitrogens is 3. The number of nitrogens with one attached hydrogen (secondary N) is 1. The molecule has 1 atom stereocenters. The molecule has 0 saturated carbocycles. The fraction of sp³-hybridized carbons (Fsp3) is 0.333. The molecule has 3 aromatic rings. The third kappa shape index (κ3) is 3.65. The van der Waals surface area contributed by atoms with Gasteiger partial charge in [-0.2, -0.15) is 0 Å². The second kappa shape index (κ2) is 7.99. The molecule has 1 aliphatic rings. The van der Waals surface area contributed by atoms with Crippen LogP contribution in [0.1, 0.15) is 11.6 Å². The highest BCUT2D eigenvalue weighted by atomic mass is 35.5. The van der Waals surface area contributed by atoms with Crippen molar-refractivity contribution in [2.75, 3.05) is 26.2 Å². The van der Waals surface area contributed by atoms with Crippen LogP contribution in [0.4, 0.5) is 4.39 Å². The molecule has 26 heavy (non-hydrogen) atoms. The monoisotopic (exact) mass is 377 g/mol. The van der Waals surface area contributed by atoms with Gasteiger partial charge in [0.25, 0.3) is 0 Å². The summed E-state index contributed by atoms with van der Waals surface area (Å²) in [5, 5.41) is 7.73. The van der Waals surface area contributed by atoms with Crippen molar-refractivity contribution in [3.8, 4) is 0 Å². The predicted octanol–water partition coefficient (Wildman–Crippen LogP) is 1.70. The first-order valence-electron chi connectivity index (χ1n) is 8.47. The van der Waals surface area contributed by atoms with Gasteiger partial charge in [0.1, 0.15) is 5.82 Å². The van der Waals surface area contributed by atoms with Gasteiger partial charge in [-0.05, 0) is 29.8 Å². The smallest absolute Gasteiger partial charge is 0.314 e. The second-order valence-corrected chi connectivity index (χ2v) is 6.25. The van der Waals surface area contributed by atoms with Crippen molar-refractivity contribution in [1.29, 1.82) is 0 Å².